The largest absolute Gasteiger partial charge is 0.341 e. The van der Waals surface area contributed by atoms with E-state index in [9.17, 15) is 13.6 Å². The molecule has 0 heterocycles. The summed E-state index contributed by atoms with van der Waals surface area (Å²) in [6, 6.07) is 8.16. The highest BCUT2D eigenvalue weighted by atomic mass is 35.5. The van der Waals surface area contributed by atoms with Gasteiger partial charge in [0.1, 0.15) is 11.6 Å². The summed E-state index contributed by atoms with van der Waals surface area (Å²) < 4.78 is 26.5. The summed E-state index contributed by atoms with van der Waals surface area (Å²) in [5.74, 6) is -1.56. The summed E-state index contributed by atoms with van der Waals surface area (Å²) in [5, 5.41) is 0.894. The topological polar surface area (TPSA) is 20.3 Å². The minimum atomic E-state index is -0.677. The molecule has 0 bridgehead atoms. The van der Waals surface area contributed by atoms with E-state index >= 15 is 0 Å². The third-order valence-corrected chi connectivity index (χ3v) is 3.79. The Hall–Kier alpha value is -1.65. The number of amides is 1. The number of rotatable bonds is 4. The van der Waals surface area contributed by atoms with E-state index in [2.05, 4.69) is 0 Å². The Morgan fingerprint density at radius 2 is 1.77 bits per heavy atom. The van der Waals surface area contributed by atoms with Crippen molar-refractivity contribution in [3.63, 3.8) is 0 Å². The van der Waals surface area contributed by atoms with E-state index in [4.69, 9.17) is 23.2 Å². The van der Waals surface area contributed by atoms with Gasteiger partial charge in [0.05, 0.1) is 6.42 Å². The number of benzene rings is 2. The molecule has 1 amide bonds. The van der Waals surface area contributed by atoms with Gasteiger partial charge < -0.3 is 4.90 Å². The van der Waals surface area contributed by atoms with Crippen LogP contribution >= 0.6 is 23.2 Å². The van der Waals surface area contributed by atoms with Gasteiger partial charge in [0.15, 0.2) is 0 Å². The van der Waals surface area contributed by atoms with E-state index in [0.29, 0.717) is 15.6 Å². The summed E-state index contributed by atoms with van der Waals surface area (Å²) in [5.41, 5.74) is 0.891. The Labute approximate surface area is 137 Å². The van der Waals surface area contributed by atoms with Crippen LogP contribution < -0.4 is 0 Å². The molecule has 2 rings (SSSR count). The fourth-order valence-corrected chi connectivity index (χ4v) is 2.43. The van der Waals surface area contributed by atoms with Gasteiger partial charge in [0.25, 0.3) is 0 Å². The molecule has 116 valence electrons. The highest BCUT2D eigenvalue weighted by Crippen LogP contribution is 2.22. The molecule has 2 aromatic carbocycles. The lowest BCUT2D eigenvalue weighted by molar-refractivity contribution is -0.129. The van der Waals surface area contributed by atoms with Crippen molar-refractivity contribution in [2.45, 2.75) is 13.0 Å². The molecule has 0 radical (unpaired) electrons. The predicted molar refractivity (Wildman–Crippen MR) is 83.0 cm³/mol. The Balaban J connectivity index is 2.05. The van der Waals surface area contributed by atoms with Crippen LogP contribution in [-0.2, 0) is 17.8 Å². The molecule has 0 saturated heterocycles. The molecule has 0 aromatic heterocycles. The zero-order valence-corrected chi connectivity index (χ0v) is 13.3. The molecule has 0 atom stereocenters. The molecule has 0 fully saturated rings. The van der Waals surface area contributed by atoms with Gasteiger partial charge in [-0.15, -0.1) is 0 Å². The van der Waals surface area contributed by atoms with E-state index < -0.39 is 11.6 Å². The molecule has 0 saturated carbocycles. The van der Waals surface area contributed by atoms with Crippen LogP contribution in [-0.4, -0.2) is 17.9 Å². The highest BCUT2D eigenvalue weighted by molar-refractivity contribution is 6.35. The van der Waals surface area contributed by atoms with Crippen LogP contribution in [0.5, 0.6) is 0 Å². The van der Waals surface area contributed by atoms with Gasteiger partial charge in [0, 0.05) is 35.3 Å². The number of carbonyl (C=O) groups is 1. The fraction of sp³-hybridized carbons (Fsp3) is 0.188. The van der Waals surface area contributed by atoms with Crippen molar-refractivity contribution in [1.29, 1.82) is 0 Å². The van der Waals surface area contributed by atoms with Crippen molar-refractivity contribution in [3.05, 3.63) is 69.2 Å². The summed E-state index contributed by atoms with van der Waals surface area (Å²) >= 11 is 11.8. The minimum absolute atomic E-state index is 0.0517. The van der Waals surface area contributed by atoms with Crippen LogP contribution in [0.4, 0.5) is 8.78 Å². The number of likely N-dealkylation sites (N-methyl/N-ethyl adjacent to an activating group) is 1. The molecule has 0 spiro atoms. The number of carbonyl (C=O) groups excluding carboxylic acids is 1. The summed E-state index contributed by atoms with van der Waals surface area (Å²) in [6.45, 7) is 0.0517. The number of nitrogens with zero attached hydrogens (tertiary/aromatic N) is 1. The lowest BCUT2D eigenvalue weighted by Gasteiger charge is -2.18. The number of hydrogen-bond acceptors (Lipinski definition) is 1. The van der Waals surface area contributed by atoms with Crippen LogP contribution in [0.15, 0.2) is 36.4 Å². The molecular weight excluding hydrogens is 331 g/mol. The SMILES string of the molecule is CN(Cc1ccc(F)cc1F)C(=O)Cc1ccc(Cl)cc1Cl. The summed E-state index contributed by atoms with van der Waals surface area (Å²) in [4.78, 5) is 13.5. The average Bonchev–Trinajstić information content (AvgIpc) is 2.44. The quantitative estimate of drug-likeness (QED) is 0.801. The molecule has 2 aromatic rings. The maximum atomic E-state index is 13.6. The van der Waals surface area contributed by atoms with Crippen molar-refractivity contribution in [1.82, 2.24) is 4.90 Å². The van der Waals surface area contributed by atoms with Crippen LogP contribution in [0.2, 0.25) is 10.0 Å². The van der Waals surface area contributed by atoms with E-state index in [1.54, 1.807) is 25.2 Å². The van der Waals surface area contributed by atoms with Crippen LogP contribution in [0.1, 0.15) is 11.1 Å². The van der Waals surface area contributed by atoms with Gasteiger partial charge in [-0.2, -0.15) is 0 Å². The normalized spacial score (nSPS) is 10.6. The molecule has 0 aliphatic carbocycles. The van der Waals surface area contributed by atoms with Crippen LogP contribution in [0.3, 0.4) is 0 Å². The maximum Gasteiger partial charge on any atom is 0.227 e. The van der Waals surface area contributed by atoms with Gasteiger partial charge in [-0.25, -0.2) is 8.78 Å². The standard InChI is InChI=1S/C16H13Cl2F2NO/c1-21(9-11-3-5-13(19)8-15(11)20)16(22)6-10-2-4-12(17)7-14(10)18/h2-5,7-8H,6,9H2,1H3. The Kier molecular flexibility index (Phi) is 5.37. The van der Waals surface area contributed by atoms with E-state index in [0.717, 1.165) is 12.1 Å². The average molecular weight is 344 g/mol. The Morgan fingerprint density at radius 3 is 2.41 bits per heavy atom. The Morgan fingerprint density at radius 1 is 1.09 bits per heavy atom. The van der Waals surface area contributed by atoms with E-state index in [-0.39, 0.29) is 24.4 Å². The van der Waals surface area contributed by atoms with Gasteiger partial charge in [0.2, 0.25) is 5.91 Å². The lowest BCUT2D eigenvalue weighted by atomic mass is 10.1. The van der Waals surface area contributed by atoms with Gasteiger partial charge >= 0.3 is 0 Å². The monoisotopic (exact) mass is 343 g/mol. The van der Waals surface area contributed by atoms with Gasteiger partial charge in [-0.3, -0.25) is 4.79 Å². The second kappa shape index (κ2) is 7.07. The zero-order chi connectivity index (χ0) is 16.3. The third kappa shape index (κ3) is 4.18. The molecule has 2 nitrogen and oxygen atoms in total. The number of hydrogen-bond donors (Lipinski definition) is 0. The molecule has 6 heteroatoms. The molecule has 0 N–H and O–H groups in total. The van der Waals surface area contributed by atoms with Gasteiger partial charge in [-0.1, -0.05) is 35.3 Å². The predicted octanol–water partition coefficient (Wildman–Crippen LogP) is 4.47. The fourth-order valence-electron chi connectivity index (χ4n) is 1.96. The first-order valence-corrected chi connectivity index (χ1v) is 7.24. The van der Waals surface area contributed by atoms with Crippen molar-refractivity contribution in [3.8, 4) is 0 Å². The molecule has 0 aliphatic rings. The first-order chi connectivity index (χ1) is 10.4. The van der Waals surface area contributed by atoms with Crippen LogP contribution in [0.25, 0.3) is 0 Å². The van der Waals surface area contributed by atoms with Crippen molar-refractivity contribution >= 4 is 29.1 Å². The zero-order valence-electron chi connectivity index (χ0n) is 11.7. The first-order valence-electron chi connectivity index (χ1n) is 6.48. The van der Waals surface area contributed by atoms with Crippen LogP contribution in [0, 0.1) is 11.6 Å². The maximum absolute atomic E-state index is 13.6. The molecular formula is C16H13Cl2F2NO. The van der Waals surface area contributed by atoms with E-state index in [1.807, 2.05) is 0 Å². The van der Waals surface area contributed by atoms with Gasteiger partial charge in [-0.05, 0) is 23.8 Å². The first kappa shape index (κ1) is 16.7. The molecule has 0 unspecified atom stereocenters. The second-order valence-corrected chi connectivity index (χ2v) is 5.74. The van der Waals surface area contributed by atoms with E-state index in [1.165, 1.54) is 11.0 Å². The van der Waals surface area contributed by atoms with Crippen molar-refractivity contribution < 1.29 is 13.6 Å². The molecule has 22 heavy (non-hydrogen) atoms. The van der Waals surface area contributed by atoms with Crippen molar-refractivity contribution in [2.75, 3.05) is 7.05 Å². The summed E-state index contributed by atoms with van der Waals surface area (Å²) in [6.07, 6.45) is 0.0787. The smallest absolute Gasteiger partial charge is 0.227 e. The summed E-state index contributed by atoms with van der Waals surface area (Å²) in [7, 11) is 1.55. The highest BCUT2D eigenvalue weighted by Gasteiger charge is 2.14. The third-order valence-electron chi connectivity index (χ3n) is 3.21. The lowest BCUT2D eigenvalue weighted by Crippen LogP contribution is -2.28. The molecule has 0 aliphatic heterocycles. The minimum Gasteiger partial charge on any atom is -0.341 e. The Bertz CT molecular complexity index is 707. The second-order valence-electron chi connectivity index (χ2n) is 4.90. The van der Waals surface area contributed by atoms with Crippen molar-refractivity contribution in [2.24, 2.45) is 0 Å². The number of halogens is 4.